The summed E-state index contributed by atoms with van der Waals surface area (Å²) in [6.07, 6.45) is 7.10. The smallest absolute Gasteiger partial charge is 0.326 e. The second-order valence-electron chi connectivity index (χ2n) is 8.61. The lowest BCUT2D eigenvalue weighted by Crippen LogP contribution is -2.47. The van der Waals surface area contributed by atoms with Crippen LogP contribution < -0.4 is 26.2 Å². The zero-order valence-electron chi connectivity index (χ0n) is 18.7. The minimum atomic E-state index is -0.492. The molecule has 12 nitrogen and oxygen atoms in total. The Kier molecular flexibility index (Phi) is 4.95. The van der Waals surface area contributed by atoms with Crippen molar-refractivity contribution in [2.24, 2.45) is 4.99 Å². The molecular formula is C23H22N10O2. The number of aromatic amines is 2. The number of H-pyrrole nitrogens is 2. The second-order valence-corrected chi connectivity index (χ2v) is 8.61. The third-order valence-electron chi connectivity index (χ3n) is 6.17. The molecule has 2 fully saturated rings. The van der Waals surface area contributed by atoms with Crippen LogP contribution in [0.4, 0.5) is 11.6 Å². The van der Waals surface area contributed by atoms with Gasteiger partial charge in [0.1, 0.15) is 23.4 Å². The van der Waals surface area contributed by atoms with Gasteiger partial charge in [-0.15, -0.1) is 0 Å². The van der Waals surface area contributed by atoms with E-state index in [1.807, 2.05) is 6.07 Å². The maximum absolute atomic E-state index is 11.5. The normalized spacial score (nSPS) is 17.3. The third kappa shape index (κ3) is 3.97. The van der Waals surface area contributed by atoms with E-state index in [1.54, 1.807) is 35.1 Å². The average molecular weight is 470 g/mol. The van der Waals surface area contributed by atoms with Crippen molar-refractivity contribution in [3.8, 4) is 11.9 Å². The molecule has 1 saturated carbocycles. The fourth-order valence-electron chi connectivity index (χ4n) is 4.23. The summed E-state index contributed by atoms with van der Waals surface area (Å²) in [5.74, 6) is 1.24. The summed E-state index contributed by atoms with van der Waals surface area (Å²) < 4.78 is 1.69. The highest BCUT2D eigenvalue weighted by atomic mass is 16.3. The Morgan fingerprint density at radius 3 is 2.71 bits per heavy atom. The molecule has 5 heterocycles. The van der Waals surface area contributed by atoms with Crippen molar-refractivity contribution in [1.29, 1.82) is 5.26 Å². The highest BCUT2D eigenvalue weighted by Crippen LogP contribution is 2.23. The first-order valence-corrected chi connectivity index (χ1v) is 11.4. The monoisotopic (exact) mass is 470 g/mol. The fraction of sp³-hybridized carbons (Fsp3) is 0.304. The van der Waals surface area contributed by atoms with Crippen LogP contribution in [0.15, 0.2) is 40.4 Å². The standard InChI is InChI=1S/C23H22N10O2/c24-12-14-2-1-5-25-20(14)32-8-6-31(7-9-32)18-11-19(27-16-3-4-16)33-21(29-18)15(13-26-33)10-17-22(34)30-23(35)28-17/h1-2,5,10-11,13,16,34H,3-4,6-9H2,(H2,28,30,35)/b15-10-,27-19?. The van der Waals surface area contributed by atoms with Crippen LogP contribution in [0.3, 0.4) is 0 Å². The molecule has 4 aromatic heterocycles. The van der Waals surface area contributed by atoms with Crippen LogP contribution in [0.5, 0.6) is 5.88 Å². The maximum atomic E-state index is 11.5. The van der Waals surface area contributed by atoms with Crippen molar-refractivity contribution in [1.82, 2.24) is 29.5 Å². The van der Waals surface area contributed by atoms with E-state index in [-0.39, 0.29) is 11.6 Å². The first kappa shape index (κ1) is 20.9. The van der Waals surface area contributed by atoms with Gasteiger partial charge in [0.2, 0.25) is 5.88 Å². The van der Waals surface area contributed by atoms with E-state index >= 15 is 0 Å². The minimum Gasteiger partial charge on any atom is -0.493 e. The van der Waals surface area contributed by atoms with Crippen LogP contribution in [0, 0.1) is 11.3 Å². The number of anilines is 2. The van der Waals surface area contributed by atoms with Gasteiger partial charge in [-0.2, -0.15) is 14.9 Å². The number of nitrogens with zero attached hydrogens (tertiary/aromatic N) is 8. The summed E-state index contributed by atoms with van der Waals surface area (Å²) in [5.41, 5.74) is 1.64. The Bertz CT molecular complexity index is 1630. The summed E-state index contributed by atoms with van der Waals surface area (Å²) in [7, 11) is 0. The first-order chi connectivity index (χ1) is 17.1. The molecule has 3 N–H and O–H groups in total. The van der Waals surface area contributed by atoms with Crippen molar-refractivity contribution >= 4 is 23.4 Å². The largest absolute Gasteiger partial charge is 0.493 e. The van der Waals surface area contributed by atoms with Crippen LogP contribution in [0.25, 0.3) is 11.7 Å². The van der Waals surface area contributed by atoms with Gasteiger partial charge in [0.15, 0.2) is 11.1 Å². The lowest BCUT2D eigenvalue weighted by Gasteiger charge is -2.36. The Morgan fingerprint density at radius 1 is 1.20 bits per heavy atom. The minimum absolute atomic E-state index is 0.240. The molecule has 0 amide bonds. The van der Waals surface area contributed by atoms with E-state index in [1.165, 1.54) is 0 Å². The van der Waals surface area contributed by atoms with Gasteiger partial charge in [-0.1, -0.05) is 0 Å². The van der Waals surface area contributed by atoms with Gasteiger partial charge < -0.3 is 19.9 Å². The molecule has 0 bridgehead atoms. The number of nitriles is 1. The van der Waals surface area contributed by atoms with Gasteiger partial charge >= 0.3 is 5.69 Å². The summed E-state index contributed by atoms with van der Waals surface area (Å²) in [6, 6.07) is 8.01. The molecular weight excluding hydrogens is 448 g/mol. The van der Waals surface area contributed by atoms with E-state index in [0.717, 1.165) is 24.1 Å². The van der Waals surface area contributed by atoms with Crippen LogP contribution in [0.1, 0.15) is 24.1 Å². The van der Waals surface area contributed by atoms with Crippen LogP contribution >= 0.6 is 0 Å². The molecule has 176 valence electrons. The fourth-order valence-corrected chi connectivity index (χ4v) is 4.23. The molecule has 1 aliphatic carbocycles. The maximum Gasteiger partial charge on any atom is 0.326 e. The molecule has 6 rings (SSSR count). The lowest BCUT2D eigenvalue weighted by molar-refractivity contribution is 0.454. The molecule has 4 aromatic rings. The van der Waals surface area contributed by atoms with Crippen LogP contribution in [-0.4, -0.2) is 66.9 Å². The number of rotatable bonds is 4. The SMILES string of the molecule is N#Cc1cccnc1N1CCN(c2cc(=NC3CC3)n3nc/c(=C/c4[nH]c(=O)[nH]c4O)c3n2)CC1. The number of aromatic nitrogens is 6. The molecule has 0 aromatic carbocycles. The van der Waals surface area contributed by atoms with E-state index in [9.17, 15) is 15.2 Å². The number of pyridine rings is 1. The molecule has 12 heteroatoms. The van der Waals surface area contributed by atoms with Gasteiger partial charge in [0.25, 0.3) is 0 Å². The van der Waals surface area contributed by atoms with Crippen molar-refractivity contribution < 1.29 is 5.11 Å². The van der Waals surface area contributed by atoms with E-state index in [0.29, 0.717) is 54.5 Å². The zero-order valence-corrected chi connectivity index (χ0v) is 18.7. The molecule has 2 aliphatic rings. The average Bonchev–Trinajstić information content (AvgIpc) is 3.51. The molecule has 35 heavy (non-hydrogen) atoms. The topological polar surface area (TPSA) is 155 Å². The predicted octanol–water partition coefficient (Wildman–Crippen LogP) is -0.345. The van der Waals surface area contributed by atoms with Crippen molar-refractivity contribution in [3.05, 3.63) is 63.0 Å². The Hall–Kier alpha value is -4.66. The summed E-state index contributed by atoms with van der Waals surface area (Å²) >= 11 is 0. The number of nitrogens with one attached hydrogen (secondary N) is 2. The highest BCUT2D eigenvalue weighted by Gasteiger charge is 2.23. The molecule has 0 radical (unpaired) electrons. The number of piperazine rings is 1. The van der Waals surface area contributed by atoms with E-state index in [4.69, 9.17) is 9.98 Å². The van der Waals surface area contributed by atoms with Gasteiger partial charge in [-0.05, 0) is 31.1 Å². The van der Waals surface area contributed by atoms with Crippen LogP contribution in [0.2, 0.25) is 0 Å². The molecule has 0 unspecified atom stereocenters. The number of imidazole rings is 1. The number of fused-ring (bicyclic) bond motifs is 1. The summed E-state index contributed by atoms with van der Waals surface area (Å²) in [6.45, 7) is 2.80. The number of aromatic hydroxyl groups is 1. The zero-order chi connectivity index (χ0) is 23.9. The predicted molar refractivity (Wildman–Crippen MR) is 127 cm³/mol. The van der Waals surface area contributed by atoms with Crippen molar-refractivity contribution in [2.45, 2.75) is 18.9 Å². The summed E-state index contributed by atoms with van der Waals surface area (Å²) in [4.78, 5) is 34.8. The quantitative estimate of drug-likeness (QED) is 0.366. The van der Waals surface area contributed by atoms with Crippen molar-refractivity contribution in [2.75, 3.05) is 36.0 Å². The highest BCUT2D eigenvalue weighted by molar-refractivity contribution is 5.59. The lowest BCUT2D eigenvalue weighted by atomic mass is 10.2. The Labute approximate surface area is 198 Å². The molecule has 0 atom stereocenters. The number of hydrogen-bond acceptors (Lipinski definition) is 9. The van der Waals surface area contributed by atoms with E-state index < -0.39 is 5.69 Å². The first-order valence-electron chi connectivity index (χ1n) is 11.4. The van der Waals surface area contributed by atoms with Gasteiger partial charge in [0.05, 0.1) is 17.8 Å². The molecule has 0 spiro atoms. The van der Waals surface area contributed by atoms with Crippen molar-refractivity contribution in [3.63, 3.8) is 0 Å². The van der Waals surface area contributed by atoms with Gasteiger partial charge in [-0.3, -0.25) is 9.98 Å². The Balaban J connectivity index is 1.37. The summed E-state index contributed by atoms with van der Waals surface area (Å²) in [5, 5.41) is 24.5. The van der Waals surface area contributed by atoms with Gasteiger partial charge in [0, 0.05) is 43.7 Å². The van der Waals surface area contributed by atoms with Crippen LogP contribution in [-0.2, 0) is 0 Å². The van der Waals surface area contributed by atoms with E-state index in [2.05, 4.69) is 35.9 Å². The third-order valence-corrected chi connectivity index (χ3v) is 6.17. The Morgan fingerprint density at radius 2 is 2.00 bits per heavy atom. The number of hydrogen-bond donors (Lipinski definition) is 3. The molecule has 1 saturated heterocycles. The van der Waals surface area contributed by atoms with Gasteiger partial charge in [-0.25, -0.2) is 14.8 Å². The second kappa shape index (κ2) is 8.28. The molecule has 1 aliphatic heterocycles.